The second kappa shape index (κ2) is 9.78. The first kappa shape index (κ1) is 21.1. The van der Waals surface area contributed by atoms with Crippen LogP contribution in [-0.4, -0.2) is 42.6 Å². The molecule has 30 heavy (non-hydrogen) atoms. The molecular weight excluding hydrogens is 381 g/mol. The molecule has 2 aliphatic carbocycles. The fraction of sp³-hybridized carbons (Fsp3) is 0.667. The summed E-state index contributed by atoms with van der Waals surface area (Å²) in [4.78, 5) is 14.4. The van der Waals surface area contributed by atoms with E-state index in [0.717, 1.165) is 64.1 Å². The Labute approximate surface area is 178 Å². The first-order chi connectivity index (χ1) is 14.6. The van der Waals surface area contributed by atoms with Crippen LogP contribution in [-0.2, 0) is 4.79 Å². The molecule has 3 fully saturated rings. The van der Waals surface area contributed by atoms with Gasteiger partial charge in [-0.1, -0.05) is 0 Å². The minimum atomic E-state index is -0.409. The van der Waals surface area contributed by atoms with E-state index in [9.17, 15) is 9.18 Å². The summed E-state index contributed by atoms with van der Waals surface area (Å²) in [5, 5.41) is 12.4. The van der Waals surface area contributed by atoms with Crippen molar-refractivity contribution in [1.82, 2.24) is 10.2 Å². The predicted octanol–water partition coefficient (Wildman–Crippen LogP) is 4.02. The van der Waals surface area contributed by atoms with Gasteiger partial charge in [0.25, 0.3) is 0 Å². The van der Waals surface area contributed by atoms with Gasteiger partial charge in [0.15, 0.2) is 0 Å². The molecule has 162 valence electrons. The standard InChI is InChI=1S/C24H32FN3O2/c25-20-5-8-23(19(15-20)16-26)30-22-10-13-28(14-11-22)12-9-17-1-6-21(7-2-17)27-24(29)18-3-4-18/h5,8,15,17-18,21-22H,1-4,6-7,9-14H2,(H,27,29)/t17-,21-. The molecule has 0 unspecified atom stereocenters. The summed E-state index contributed by atoms with van der Waals surface area (Å²) in [5.41, 5.74) is 0.265. The number of nitrogens with one attached hydrogen (secondary N) is 1. The molecule has 2 saturated carbocycles. The van der Waals surface area contributed by atoms with E-state index in [1.807, 2.05) is 6.07 Å². The Kier molecular flexibility index (Phi) is 6.89. The van der Waals surface area contributed by atoms with Gasteiger partial charge in [0.2, 0.25) is 5.91 Å². The third-order valence-electron chi connectivity index (χ3n) is 6.89. The first-order valence-corrected chi connectivity index (χ1v) is 11.5. The summed E-state index contributed by atoms with van der Waals surface area (Å²) in [5.74, 6) is 1.44. The topological polar surface area (TPSA) is 65.4 Å². The molecule has 0 bridgehead atoms. The summed E-state index contributed by atoms with van der Waals surface area (Å²) >= 11 is 0. The fourth-order valence-corrected chi connectivity index (χ4v) is 4.75. The second-order valence-corrected chi connectivity index (χ2v) is 9.20. The van der Waals surface area contributed by atoms with E-state index in [4.69, 9.17) is 10.00 Å². The Morgan fingerprint density at radius 3 is 2.53 bits per heavy atom. The van der Waals surface area contributed by atoms with Crippen molar-refractivity contribution < 1.29 is 13.9 Å². The van der Waals surface area contributed by atoms with Crippen LogP contribution in [0.1, 0.15) is 63.4 Å². The molecule has 3 aliphatic rings. The van der Waals surface area contributed by atoms with E-state index in [2.05, 4.69) is 10.2 Å². The lowest BCUT2D eigenvalue weighted by Crippen LogP contribution is -2.40. The van der Waals surface area contributed by atoms with Crippen LogP contribution in [0.25, 0.3) is 0 Å². The van der Waals surface area contributed by atoms with Gasteiger partial charge in [0.1, 0.15) is 23.7 Å². The van der Waals surface area contributed by atoms with E-state index in [0.29, 0.717) is 17.7 Å². The van der Waals surface area contributed by atoms with Crippen molar-refractivity contribution in [3.63, 3.8) is 0 Å². The maximum absolute atomic E-state index is 13.3. The fourth-order valence-electron chi connectivity index (χ4n) is 4.75. The average Bonchev–Trinajstić information content (AvgIpc) is 3.61. The summed E-state index contributed by atoms with van der Waals surface area (Å²) in [6, 6.07) is 6.55. The van der Waals surface area contributed by atoms with Crippen LogP contribution in [0.5, 0.6) is 5.75 Å². The molecule has 1 saturated heterocycles. The number of amides is 1. The molecule has 0 radical (unpaired) electrons. The van der Waals surface area contributed by atoms with Gasteiger partial charge in [0.05, 0.1) is 5.56 Å². The molecule has 5 nitrogen and oxygen atoms in total. The highest BCUT2D eigenvalue weighted by Crippen LogP contribution is 2.31. The normalized spacial score (nSPS) is 25.5. The zero-order valence-electron chi connectivity index (χ0n) is 17.6. The summed E-state index contributed by atoms with van der Waals surface area (Å²) in [7, 11) is 0. The number of likely N-dealkylation sites (tertiary alicyclic amines) is 1. The predicted molar refractivity (Wildman–Crippen MR) is 112 cm³/mol. The molecule has 1 heterocycles. The number of benzene rings is 1. The molecule has 1 aromatic carbocycles. The first-order valence-electron chi connectivity index (χ1n) is 11.5. The largest absolute Gasteiger partial charge is 0.489 e. The molecule has 0 atom stereocenters. The third kappa shape index (κ3) is 5.72. The van der Waals surface area contributed by atoms with E-state index < -0.39 is 5.82 Å². The number of nitrogens with zero attached hydrogens (tertiary/aromatic N) is 2. The van der Waals surface area contributed by atoms with Crippen LogP contribution in [0.15, 0.2) is 18.2 Å². The Balaban J connectivity index is 1.13. The monoisotopic (exact) mass is 413 g/mol. The zero-order chi connectivity index (χ0) is 20.9. The van der Waals surface area contributed by atoms with Gasteiger partial charge in [0, 0.05) is 25.0 Å². The average molecular weight is 414 g/mol. The number of halogens is 1. The number of piperidine rings is 1. The maximum Gasteiger partial charge on any atom is 0.223 e. The van der Waals surface area contributed by atoms with E-state index in [1.165, 1.54) is 31.4 Å². The zero-order valence-corrected chi connectivity index (χ0v) is 17.6. The molecule has 0 spiro atoms. The van der Waals surface area contributed by atoms with Gasteiger partial charge in [-0.15, -0.1) is 0 Å². The molecule has 1 aliphatic heterocycles. The van der Waals surface area contributed by atoms with Crippen molar-refractivity contribution in [2.24, 2.45) is 11.8 Å². The van der Waals surface area contributed by atoms with Crippen LogP contribution in [0, 0.1) is 29.0 Å². The minimum absolute atomic E-state index is 0.0873. The summed E-state index contributed by atoms with van der Waals surface area (Å²) in [6.45, 7) is 3.12. The maximum atomic E-state index is 13.3. The van der Waals surface area contributed by atoms with E-state index in [-0.39, 0.29) is 17.6 Å². The van der Waals surface area contributed by atoms with E-state index in [1.54, 1.807) is 6.07 Å². The summed E-state index contributed by atoms with van der Waals surface area (Å²) < 4.78 is 19.3. The molecule has 1 amide bonds. The molecular formula is C24H32FN3O2. The van der Waals surface area contributed by atoms with Crippen molar-refractivity contribution in [2.45, 2.75) is 69.9 Å². The molecule has 6 heteroatoms. The number of rotatable bonds is 7. The highest BCUT2D eigenvalue weighted by molar-refractivity contribution is 5.81. The van der Waals surface area contributed by atoms with E-state index >= 15 is 0 Å². The lowest BCUT2D eigenvalue weighted by molar-refractivity contribution is -0.123. The van der Waals surface area contributed by atoms with Crippen molar-refractivity contribution in [1.29, 1.82) is 5.26 Å². The van der Waals surface area contributed by atoms with Gasteiger partial charge < -0.3 is 15.0 Å². The lowest BCUT2D eigenvalue weighted by atomic mass is 9.84. The Morgan fingerprint density at radius 1 is 1.13 bits per heavy atom. The number of nitriles is 1. The van der Waals surface area contributed by atoms with Gasteiger partial charge in [-0.3, -0.25) is 4.79 Å². The van der Waals surface area contributed by atoms with Gasteiger partial charge in [-0.25, -0.2) is 4.39 Å². The molecule has 1 aromatic rings. The lowest BCUT2D eigenvalue weighted by Gasteiger charge is -2.34. The Morgan fingerprint density at radius 2 is 1.87 bits per heavy atom. The Bertz CT molecular complexity index is 773. The van der Waals surface area contributed by atoms with Crippen LogP contribution in [0.4, 0.5) is 4.39 Å². The van der Waals surface area contributed by atoms with Gasteiger partial charge in [-0.05, 0) is 88.4 Å². The van der Waals surface area contributed by atoms with Crippen molar-refractivity contribution in [3.8, 4) is 11.8 Å². The van der Waals surface area contributed by atoms with Crippen molar-refractivity contribution in [2.75, 3.05) is 19.6 Å². The number of carbonyl (C=O) groups excluding carboxylic acids is 1. The second-order valence-electron chi connectivity index (χ2n) is 9.20. The molecule has 1 N–H and O–H groups in total. The summed E-state index contributed by atoms with van der Waals surface area (Å²) in [6.07, 6.45) is 10.0. The number of carbonyl (C=O) groups is 1. The number of hydrogen-bond acceptors (Lipinski definition) is 4. The van der Waals surface area contributed by atoms with Crippen molar-refractivity contribution >= 4 is 5.91 Å². The number of ether oxygens (including phenoxy) is 1. The van der Waals surface area contributed by atoms with Crippen LogP contribution in [0.3, 0.4) is 0 Å². The number of hydrogen-bond donors (Lipinski definition) is 1. The third-order valence-corrected chi connectivity index (χ3v) is 6.89. The van der Waals surface area contributed by atoms with Crippen LogP contribution in [0.2, 0.25) is 0 Å². The minimum Gasteiger partial charge on any atom is -0.489 e. The van der Waals surface area contributed by atoms with Gasteiger partial charge in [-0.2, -0.15) is 5.26 Å². The smallest absolute Gasteiger partial charge is 0.223 e. The van der Waals surface area contributed by atoms with Crippen molar-refractivity contribution in [3.05, 3.63) is 29.6 Å². The highest BCUT2D eigenvalue weighted by atomic mass is 19.1. The quantitative estimate of drug-likeness (QED) is 0.733. The Hall–Kier alpha value is -2.13. The highest BCUT2D eigenvalue weighted by Gasteiger charge is 2.32. The molecule has 4 rings (SSSR count). The van der Waals surface area contributed by atoms with Crippen LogP contribution < -0.4 is 10.1 Å². The SMILES string of the molecule is N#Cc1cc(F)ccc1OC1CCN(CC[C@H]2CC[C@H](NC(=O)C3CC3)CC2)CC1. The van der Waals surface area contributed by atoms with Gasteiger partial charge >= 0.3 is 0 Å². The van der Waals surface area contributed by atoms with Crippen LogP contribution >= 0.6 is 0 Å². The molecule has 0 aromatic heterocycles.